The van der Waals surface area contributed by atoms with Gasteiger partial charge in [0, 0.05) is 11.7 Å². The van der Waals surface area contributed by atoms with Gasteiger partial charge in [0.15, 0.2) is 0 Å². The van der Waals surface area contributed by atoms with Crippen LogP contribution in [0.15, 0.2) is 60.3 Å². The van der Waals surface area contributed by atoms with Gasteiger partial charge in [0.1, 0.15) is 11.4 Å². The number of amides is 2. The number of benzene rings is 2. The summed E-state index contributed by atoms with van der Waals surface area (Å²) in [5.41, 5.74) is 2.12. The lowest BCUT2D eigenvalue weighted by Crippen LogP contribution is -2.38. The molecule has 1 N–H and O–H groups in total. The fraction of sp³-hybridized carbons (Fsp3) is 0.200. The molecule has 1 aliphatic heterocycles. The number of hydrogen-bond acceptors (Lipinski definition) is 4. The molecule has 0 aromatic heterocycles. The number of methoxy groups -OCH3 is 1. The normalized spacial score (nSPS) is 14.5. The summed E-state index contributed by atoms with van der Waals surface area (Å²) >= 11 is 0. The summed E-state index contributed by atoms with van der Waals surface area (Å²) in [7, 11) is 1.58. The fourth-order valence-corrected chi connectivity index (χ4v) is 2.82. The van der Waals surface area contributed by atoms with Crippen LogP contribution >= 0.6 is 0 Å². The summed E-state index contributed by atoms with van der Waals surface area (Å²) in [4.78, 5) is 27.0. The number of ether oxygens (including phenoxy) is 1. The summed E-state index contributed by atoms with van der Waals surface area (Å²) in [6.07, 6.45) is 0. The molecule has 5 heteroatoms. The van der Waals surface area contributed by atoms with Crippen LogP contribution in [-0.2, 0) is 9.59 Å². The number of carbonyl (C=O) groups excluding carboxylic acids is 2. The first kappa shape index (κ1) is 16.8. The number of nitrogens with zero attached hydrogens (tertiary/aromatic N) is 1. The zero-order valence-electron chi connectivity index (χ0n) is 14.4. The third-order valence-electron chi connectivity index (χ3n) is 4.05. The highest BCUT2D eigenvalue weighted by Gasteiger charge is 2.40. The van der Waals surface area contributed by atoms with Crippen molar-refractivity contribution in [1.29, 1.82) is 0 Å². The van der Waals surface area contributed by atoms with E-state index in [2.05, 4.69) is 5.32 Å². The van der Waals surface area contributed by atoms with E-state index in [1.54, 1.807) is 31.4 Å². The first-order valence-corrected chi connectivity index (χ1v) is 8.11. The minimum Gasteiger partial charge on any atom is -0.497 e. The van der Waals surface area contributed by atoms with Gasteiger partial charge in [0.25, 0.3) is 11.8 Å². The van der Waals surface area contributed by atoms with Gasteiger partial charge in [-0.2, -0.15) is 0 Å². The monoisotopic (exact) mass is 336 g/mol. The van der Waals surface area contributed by atoms with Crippen molar-refractivity contribution in [3.8, 4) is 5.75 Å². The smallest absolute Gasteiger partial charge is 0.278 e. The van der Waals surface area contributed by atoms with E-state index in [0.717, 1.165) is 5.69 Å². The lowest BCUT2D eigenvalue weighted by atomic mass is 10.0. The average Bonchev–Trinajstić information content (AvgIpc) is 2.86. The first-order valence-electron chi connectivity index (χ1n) is 8.11. The number of rotatable bonds is 5. The van der Waals surface area contributed by atoms with E-state index in [-0.39, 0.29) is 17.9 Å². The van der Waals surface area contributed by atoms with E-state index in [4.69, 9.17) is 4.74 Å². The van der Waals surface area contributed by atoms with Crippen LogP contribution in [0.4, 0.5) is 5.69 Å². The minimum absolute atomic E-state index is 0.219. The molecular weight excluding hydrogens is 316 g/mol. The maximum atomic E-state index is 12.9. The minimum atomic E-state index is -0.310. The molecule has 2 amide bonds. The standard InChI is InChI=1S/C20H20N2O3/c1-13(2)22-19(23)17(14-9-11-16(25-3)12-10-14)18(20(22)24)21-15-7-5-4-6-8-15/h4-13,21H,1-3H3. The van der Waals surface area contributed by atoms with Crippen LogP contribution in [-0.4, -0.2) is 29.9 Å². The molecule has 2 aromatic carbocycles. The summed E-state index contributed by atoms with van der Waals surface area (Å²) in [5, 5.41) is 3.12. The number of hydrogen-bond donors (Lipinski definition) is 1. The van der Waals surface area contributed by atoms with Crippen molar-refractivity contribution >= 4 is 23.1 Å². The summed E-state index contributed by atoms with van der Waals surface area (Å²) in [6.45, 7) is 3.65. The fourth-order valence-electron chi connectivity index (χ4n) is 2.82. The Hall–Kier alpha value is -3.08. The lowest BCUT2D eigenvalue weighted by Gasteiger charge is -2.19. The third kappa shape index (κ3) is 3.13. The van der Waals surface area contributed by atoms with Crippen LogP contribution in [0.5, 0.6) is 5.75 Å². The highest BCUT2D eigenvalue weighted by Crippen LogP contribution is 2.32. The molecule has 25 heavy (non-hydrogen) atoms. The molecule has 0 aliphatic carbocycles. The maximum Gasteiger partial charge on any atom is 0.278 e. The molecule has 2 aromatic rings. The van der Waals surface area contributed by atoms with Crippen molar-refractivity contribution in [1.82, 2.24) is 4.90 Å². The van der Waals surface area contributed by atoms with Crippen molar-refractivity contribution in [3.05, 3.63) is 65.9 Å². The zero-order valence-corrected chi connectivity index (χ0v) is 14.4. The lowest BCUT2D eigenvalue weighted by molar-refractivity contribution is -0.138. The topological polar surface area (TPSA) is 58.6 Å². The molecule has 3 rings (SSSR count). The van der Waals surface area contributed by atoms with Crippen LogP contribution in [0.3, 0.4) is 0 Å². The molecule has 0 bridgehead atoms. The molecule has 128 valence electrons. The van der Waals surface area contributed by atoms with Gasteiger partial charge in [-0.3, -0.25) is 14.5 Å². The summed E-state index contributed by atoms with van der Waals surface area (Å²) < 4.78 is 5.17. The molecule has 1 aliphatic rings. The largest absolute Gasteiger partial charge is 0.497 e. The van der Waals surface area contributed by atoms with Crippen LogP contribution in [0.25, 0.3) is 5.57 Å². The van der Waals surface area contributed by atoms with Crippen molar-refractivity contribution < 1.29 is 14.3 Å². The van der Waals surface area contributed by atoms with Crippen LogP contribution in [0, 0.1) is 0 Å². The Morgan fingerprint density at radius 1 is 0.920 bits per heavy atom. The first-order chi connectivity index (χ1) is 12.0. The molecular formula is C20H20N2O3. The second-order valence-corrected chi connectivity index (χ2v) is 6.04. The van der Waals surface area contributed by atoms with Crippen LogP contribution in [0.1, 0.15) is 19.4 Å². The predicted molar refractivity (Wildman–Crippen MR) is 97.0 cm³/mol. The van der Waals surface area contributed by atoms with Crippen molar-refractivity contribution in [3.63, 3.8) is 0 Å². The predicted octanol–water partition coefficient (Wildman–Crippen LogP) is 3.30. The average molecular weight is 336 g/mol. The Kier molecular flexibility index (Phi) is 4.57. The van der Waals surface area contributed by atoms with E-state index in [1.807, 2.05) is 44.2 Å². The van der Waals surface area contributed by atoms with E-state index >= 15 is 0 Å². The zero-order chi connectivity index (χ0) is 18.0. The van der Waals surface area contributed by atoms with Crippen molar-refractivity contribution in [2.45, 2.75) is 19.9 Å². The summed E-state index contributed by atoms with van der Waals surface area (Å²) in [5.74, 6) is 0.0951. The second-order valence-electron chi connectivity index (χ2n) is 6.04. The molecule has 0 atom stereocenters. The van der Waals surface area contributed by atoms with E-state index in [1.165, 1.54) is 4.90 Å². The van der Waals surface area contributed by atoms with Crippen LogP contribution < -0.4 is 10.1 Å². The molecule has 0 saturated carbocycles. The maximum absolute atomic E-state index is 12.9. The number of anilines is 1. The Morgan fingerprint density at radius 2 is 1.56 bits per heavy atom. The molecule has 0 saturated heterocycles. The Bertz CT molecular complexity index is 824. The molecule has 0 radical (unpaired) electrons. The van der Waals surface area contributed by atoms with Gasteiger partial charge in [0.05, 0.1) is 12.7 Å². The van der Waals surface area contributed by atoms with E-state index in [0.29, 0.717) is 22.6 Å². The molecule has 5 nitrogen and oxygen atoms in total. The van der Waals surface area contributed by atoms with Gasteiger partial charge in [-0.05, 0) is 43.7 Å². The Morgan fingerprint density at radius 3 is 2.12 bits per heavy atom. The Balaban J connectivity index is 2.08. The molecule has 0 spiro atoms. The van der Waals surface area contributed by atoms with Crippen molar-refractivity contribution in [2.24, 2.45) is 0 Å². The van der Waals surface area contributed by atoms with Gasteiger partial charge >= 0.3 is 0 Å². The SMILES string of the molecule is COc1ccc(C2=C(Nc3ccccc3)C(=O)N(C(C)C)C2=O)cc1. The highest BCUT2D eigenvalue weighted by atomic mass is 16.5. The highest BCUT2D eigenvalue weighted by molar-refractivity contribution is 6.36. The molecule has 1 heterocycles. The number of carbonyl (C=O) groups is 2. The number of para-hydroxylation sites is 1. The van der Waals surface area contributed by atoms with E-state index in [9.17, 15) is 9.59 Å². The Labute approximate surface area is 146 Å². The van der Waals surface area contributed by atoms with Gasteiger partial charge < -0.3 is 10.1 Å². The van der Waals surface area contributed by atoms with Gasteiger partial charge in [-0.1, -0.05) is 30.3 Å². The van der Waals surface area contributed by atoms with Gasteiger partial charge in [-0.25, -0.2) is 0 Å². The number of imide groups is 1. The van der Waals surface area contributed by atoms with Gasteiger partial charge in [-0.15, -0.1) is 0 Å². The molecule has 0 fully saturated rings. The quantitative estimate of drug-likeness (QED) is 0.851. The van der Waals surface area contributed by atoms with Crippen molar-refractivity contribution in [2.75, 3.05) is 12.4 Å². The molecule has 0 unspecified atom stereocenters. The number of nitrogens with one attached hydrogen (secondary N) is 1. The van der Waals surface area contributed by atoms with Gasteiger partial charge in [0.2, 0.25) is 0 Å². The summed E-state index contributed by atoms with van der Waals surface area (Å²) in [6, 6.07) is 16.3. The van der Waals surface area contributed by atoms with Crippen LogP contribution in [0.2, 0.25) is 0 Å². The van der Waals surface area contributed by atoms with E-state index < -0.39 is 0 Å². The second kappa shape index (κ2) is 6.81. The third-order valence-corrected chi connectivity index (χ3v) is 4.05.